The van der Waals surface area contributed by atoms with Gasteiger partial charge in [0, 0.05) is 30.9 Å². The van der Waals surface area contributed by atoms with Gasteiger partial charge in [0.1, 0.15) is 0 Å². The van der Waals surface area contributed by atoms with Crippen molar-refractivity contribution in [3.63, 3.8) is 0 Å². The molecule has 0 spiro atoms. The van der Waals surface area contributed by atoms with Gasteiger partial charge in [0.2, 0.25) is 0 Å². The summed E-state index contributed by atoms with van der Waals surface area (Å²) in [6.45, 7) is 2.65. The average molecular weight is 296 g/mol. The van der Waals surface area contributed by atoms with Crippen LogP contribution in [0.5, 0.6) is 0 Å². The number of aliphatic hydroxyl groups is 1. The van der Waals surface area contributed by atoms with Crippen molar-refractivity contribution in [3.8, 4) is 0 Å². The summed E-state index contributed by atoms with van der Waals surface area (Å²) in [6.07, 6.45) is 4.90. The maximum atomic E-state index is 10.4. The summed E-state index contributed by atoms with van der Waals surface area (Å²) in [5.74, 6) is 0.728. The average Bonchev–Trinajstić information content (AvgIpc) is 3.37. The van der Waals surface area contributed by atoms with Gasteiger partial charge in [-0.3, -0.25) is 4.98 Å². The first-order chi connectivity index (χ1) is 10.7. The molecule has 116 valence electrons. The van der Waals surface area contributed by atoms with Crippen LogP contribution in [0.3, 0.4) is 0 Å². The number of hydrogen-bond acceptors (Lipinski definition) is 3. The molecule has 0 aliphatic heterocycles. The van der Waals surface area contributed by atoms with Crippen molar-refractivity contribution in [3.05, 3.63) is 65.5 Å². The Morgan fingerprint density at radius 2 is 2.09 bits per heavy atom. The monoisotopic (exact) mass is 296 g/mol. The standard InChI is InChI=1S/C19H24N2O/c1-14-5-4-6-16(11-14)19(22)13-21-18(15-8-9-15)12-17-7-2-3-10-20-17/h2-7,10-11,15,18-19,21-22H,8-9,12-13H2,1H3. The highest BCUT2D eigenvalue weighted by Gasteiger charge is 2.31. The summed E-state index contributed by atoms with van der Waals surface area (Å²) in [5, 5.41) is 13.9. The molecule has 22 heavy (non-hydrogen) atoms. The smallest absolute Gasteiger partial charge is 0.0914 e. The van der Waals surface area contributed by atoms with Gasteiger partial charge in [0.05, 0.1) is 6.10 Å². The third kappa shape index (κ3) is 4.15. The fourth-order valence-electron chi connectivity index (χ4n) is 2.91. The highest BCUT2D eigenvalue weighted by atomic mass is 16.3. The largest absolute Gasteiger partial charge is 0.387 e. The Hall–Kier alpha value is -1.71. The molecule has 3 rings (SSSR count). The molecule has 2 aromatic rings. The van der Waals surface area contributed by atoms with Crippen molar-refractivity contribution >= 4 is 0 Å². The van der Waals surface area contributed by atoms with Gasteiger partial charge in [-0.2, -0.15) is 0 Å². The number of nitrogens with one attached hydrogen (secondary N) is 1. The van der Waals surface area contributed by atoms with Gasteiger partial charge in [-0.15, -0.1) is 0 Å². The van der Waals surface area contributed by atoms with Crippen LogP contribution in [0.15, 0.2) is 48.7 Å². The first-order valence-electron chi connectivity index (χ1n) is 8.10. The summed E-state index contributed by atoms with van der Waals surface area (Å²) >= 11 is 0. The second kappa shape index (κ2) is 7.03. The summed E-state index contributed by atoms with van der Waals surface area (Å²) in [5.41, 5.74) is 3.29. The molecule has 1 aromatic heterocycles. The lowest BCUT2D eigenvalue weighted by Crippen LogP contribution is -2.36. The topological polar surface area (TPSA) is 45.1 Å². The fraction of sp³-hybridized carbons (Fsp3) is 0.421. The first-order valence-corrected chi connectivity index (χ1v) is 8.10. The van der Waals surface area contributed by atoms with E-state index in [1.165, 1.54) is 18.4 Å². The zero-order valence-corrected chi connectivity index (χ0v) is 13.1. The van der Waals surface area contributed by atoms with Crippen LogP contribution < -0.4 is 5.32 Å². The van der Waals surface area contributed by atoms with Crippen molar-refractivity contribution in [2.45, 2.75) is 38.3 Å². The summed E-state index contributed by atoms with van der Waals surface area (Å²) in [7, 11) is 0. The van der Waals surface area contributed by atoms with Crippen molar-refractivity contribution in [2.24, 2.45) is 5.92 Å². The van der Waals surface area contributed by atoms with Crippen LogP contribution in [0.1, 0.15) is 35.8 Å². The van der Waals surface area contributed by atoms with Crippen LogP contribution >= 0.6 is 0 Å². The van der Waals surface area contributed by atoms with E-state index in [-0.39, 0.29) is 0 Å². The van der Waals surface area contributed by atoms with Gasteiger partial charge >= 0.3 is 0 Å². The highest BCUT2D eigenvalue weighted by molar-refractivity contribution is 5.24. The number of aryl methyl sites for hydroxylation is 1. The second-order valence-electron chi connectivity index (χ2n) is 6.31. The van der Waals surface area contributed by atoms with Gasteiger partial charge in [-0.05, 0) is 43.4 Å². The zero-order chi connectivity index (χ0) is 15.4. The van der Waals surface area contributed by atoms with E-state index in [4.69, 9.17) is 0 Å². The summed E-state index contributed by atoms with van der Waals surface area (Å²) < 4.78 is 0. The minimum atomic E-state index is -0.454. The van der Waals surface area contributed by atoms with E-state index >= 15 is 0 Å². The Kier molecular flexibility index (Phi) is 4.86. The number of aromatic nitrogens is 1. The van der Waals surface area contributed by atoms with Crippen LogP contribution in [-0.2, 0) is 6.42 Å². The molecular weight excluding hydrogens is 272 g/mol. The molecule has 0 radical (unpaired) electrons. The second-order valence-corrected chi connectivity index (χ2v) is 6.31. The van der Waals surface area contributed by atoms with Crippen LogP contribution in [0.4, 0.5) is 0 Å². The van der Waals surface area contributed by atoms with Crippen LogP contribution in [0.25, 0.3) is 0 Å². The molecule has 3 heteroatoms. The summed E-state index contributed by atoms with van der Waals surface area (Å²) in [6, 6.07) is 14.6. The van der Waals surface area contributed by atoms with E-state index in [2.05, 4.69) is 35.4 Å². The molecule has 1 aliphatic carbocycles. The minimum Gasteiger partial charge on any atom is -0.387 e. The van der Waals surface area contributed by atoms with E-state index in [1.54, 1.807) is 0 Å². The molecule has 2 atom stereocenters. The van der Waals surface area contributed by atoms with Crippen molar-refractivity contribution < 1.29 is 5.11 Å². The van der Waals surface area contributed by atoms with Crippen LogP contribution in [-0.4, -0.2) is 22.7 Å². The molecule has 1 aromatic carbocycles. The minimum absolute atomic E-state index is 0.411. The number of pyridine rings is 1. The predicted molar refractivity (Wildman–Crippen MR) is 88.6 cm³/mol. The molecular formula is C19H24N2O. The first kappa shape index (κ1) is 15.2. The number of benzene rings is 1. The molecule has 0 amide bonds. The summed E-state index contributed by atoms with van der Waals surface area (Å²) in [4.78, 5) is 4.42. The van der Waals surface area contributed by atoms with Gasteiger partial charge in [0.25, 0.3) is 0 Å². The van der Waals surface area contributed by atoms with Gasteiger partial charge in [-0.1, -0.05) is 35.9 Å². The Labute approximate surface area is 132 Å². The van der Waals surface area contributed by atoms with E-state index in [1.807, 2.05) is 30.5 Å². The van der Waals surface area contributed by atoms with E-state index in [9.17, 15) is 5.11 Å². The molecule has 1 saturated carbocycles. The number of rotatable bonds is 7. The SMILES string of the molecule is Cc1cccc(C(O)CNC(Cc2ccccn2)C2CC2)c1. The quantitative estimate of drug-likeness (QED) is 0.825. The third-order valence-corrected chi connectivity index (χ3v) is 4.35. The highest BCUT2D eigenvalue weighted by Crippen LogP contribution is 2.34. The predicted octanol–water partition coefficient (Wildman–Crippen LogP) is 3.03. The molecule has 1 heterocycles. The van der Waals surface area contributed by atoms with E-state index < -0.39 is 6.10 Å². The number of nitrogens with zero attached hydrogens (tertiary/aromatic N) is 1. The zero-order valence-electron chi connectivity index (χ0n) is 13.1. The lowest BCUT2D eigenvalue weighted by Gasteiger charge is -2.21. The van der Waals surface area contributed by atoms with Crippen LogP contribution in [0, 0.1) is 12.8 Å². The maximum absolute atomic E-state index is 10.4. The Balaban J connectivity index is 1.58. The van der Waals surface area contributed by atoms with Crippen molar-refractivity contribution in [1.82, 2.24) is 10.3 Å². The van der Waals surface area contributed by atoms with Crippen molar-refractivity contribution in [2.75, 3.05) is 6.54 Å². The lowest BCUT2D eigenvalue weighted by atomic mass is 10.0. The molecule has 1 fully saturated rings. The lowest BCUT2D eigenvalue weighted by molar-refractivity contribution is 0.167. The molecule has 1 aliphatic rings. The molecule has 0 bridgehead atoms. The Morgan fingerprint density at radius 3 is 2.77 bits per heavy atom. The maximum Gasteiger partial charge on any atom is 0.0914 e. The Bertz CT molecular complexity index is 595. The third-order valence-electron chi connectivity index (χ3n) is 4.35. The van der Waals surface area contributed by atoms with Gasteiger partial charge in [0.15, 0.2) is 0 Å². The fourth-order valence-corrected chi connectivity index (χ4v) is 2.91. The van der Waals surface area contributed by atoms with Crippen molar-refractivity contribution in [1.29, 1.82) is 0 Å². The number of aliphatic hydroxyl groups excluding tert-OH is 1. The van der Waals surface area contributed by atoms with Gasteiger partial charge < -0.3 is 10.4 Å². The Morgan fingerprint density at radius 1 is 1.23 bits per heavy atom. The molecule has 3 nitrogen and oxygen atoms in total. The van der Waals surface area contributed by atoms with E-state index in [0.29, 0.717) is 12.6 Å². The molecule has 0 saturated heterocycles. The van der Waals surface area contributed by atoms with E-state index in [0.717, 1.165) is 23.6 Å². The number of hydrogen-bond donors (Lipinski definition) is 2. The molecule has 2 N–H and O–H groups in total. The van der Waals surface area contributed by atoms with Crippen LogP contribution in [0.2, 0.25) is 0 Å². The molecule has 2 unspecified atom stereocenters. The normalized spacial score (nSPS) is 17.2. The van der Waals surface area contributed by atoms with Gasteiger partial charge in [-0.25, -0.2) is 0 Å².